The highest BCUT2D eigenvalue weighted by molar-refractivity contribution is 6.20. The van der Waals surface area contributed by atoms with Gasteiger partial charge in [0.1, 0.15) is 11.3 Å². The highest BCUT2D eigenvalue weighted by Gasteiger charge is 2.34. The van der Waals surface area contributed by atoms with E-state index in [0.717, 1.165) is 29.2 Å². The Morgan fingerprint density at radius 3 is 2.57 bits per heavy atom. The van der Waals surface area contributed by atoms with Gasteiger partial charge in [-0.15, -0.1) is 11.6 Å². The Morgan fingerprint density at radius 2 is 2.00 bits per heavy atom. The summed E-state index contributed by atoms with van der Waals surface area (Å²) in [4.78, 5) is 4.79. The van der Waals surface area contributed by atoms with Crippen LogP contribution < -0.4 is 0 Å². The van der Waals surface area contributed by atoms with E-state index in [2.05, 4.69) is 16.6 Å². The zero-order chi connectivity index (χ0) is 15.2. The molecule has 0 N–H and O–H groups in total. The first-order chi connectivity index (χ1) is 9.97. The van der Waals surface area contributed by atoms with E-state index in [1.54, 1.807) is 0 Å². The van der Waals surface area contributed by atoms with Crippen LogP contribution in [0.5, 0.6) is 0 Å². The van der Waals surface area contributed by atoms with Crippen molar-refractivity contribution >= 4 is 22.8 Å². The minimum Gasteiger partial charge on any atom is -0.311 e. The summed E-state index contributed by atoms with van der Waals surface area (Å²) < 4.78 is 4.29. The first-order valence-electron chi connectivity index (χ1n) is 8.01. The maximum atomic E-state index is 6.40. The van der Waals surface area contributed by atoms with Gasteiger partial charge in [0.2, 0.25) is 0 Å². The van der Waals surface area contributed by atoms with Crippen LogP contribution in [-0.4, -0.2) is 19.3 Å². The molecule has 0 bridgehead atoms. The summed E-state index contributed by atoms with van der Waals surface area (Å²) in [5.41, 5.74) is 3.52. The van der Waals surface area contributed by atoms with Gasteiger partial charge < -0.3 is 4.57 Å². The average molecular weight is 309 g/mol. The number of imidazole rings is 1. The van der Waals surface area contributed by atoms with Crippen molar-refractivity contribution in [3.8, 4) is 0 Å². The molecule has 0 saturated heterocycles. The smallest absolute Gasteiger partial charge is 0.158 e. The van der Waals surface area contributed by atoms with Crippen LogP contribution in [0.2, 0.25) is 0 Å². The van der Waals surface area contributed by atoms with Gasteiger partial charge in [-0.05, 0) is 38.5 Å². The third-order valence-corrected chi connectivity index (χ3v) is 5.38. The Balaban J connectivity index is 2.13. The Hall–Kier alpha value is -1.03. The summed E-state index contributed by atoms with van der Waals surface area (Å²) in [6.07, 6.45) is 6.55. The average Bonchev–Trinajstić information content (AvgIpc) is 3.09. The van der Waals surface area contributed by atoms with Gasteiger partial charge in [-0.1, -0.05) is 19.8 Å². The van der Waals surface area contributed by atoms with Crippen LogP contribution in [0.3, 0.4) is 0 Å². The lowest BCUT2D eigenvalue weighted by Crippen LogP contribution is -2.24. The lowest BCUT2D eigenvalue weighted by Gasteiger charge is -2.29. The van der Waals surface area contributed by atoms with E-state index in [9.17, 15) is 0 Å². The lowest BCUT2D eigenvalue weighted by atomic mass is 9.83. The molecule has 2 aromatic heterocycles. The van der Waals surface area contributed by atoms with Crippen molar-refractivity contribution in [2.45, 2.75) is 64.8 Å². The van der Waals surface area contributed by atoms with Gasteiger partial charge in [0, 0.05) is 13.6 Å². The van der Waals surface area contributed by atoms with Crippen molar-refractivity contribution < 1.29 is 0 Å². The van der Waals surface area contributed by atoms with Crippen molar-refractivity contribution in [2.75, 3.05) is 0 Å². The third kappa shape index (κ3) is 2.37. The van der Waals surface area contributed by atoms with Crippen LogP contribution in [-0.2, 0) is 13.6 Å². The van der Waals surface area contributed by atoms with Crippen LogP contribution in [0.4, 0.5) is 0 Å². The summed E-state index contributed by atoms with van der Waals surface area (Å²) in [6.45, 7) is 7.37. The van der Waals surface area contributed by atoms with Gasteiger partial charge in [-0.25, -0.2) is 4.98 Å². The number of hydrogen-bond donors (Lipinski definition) is 0. The summed E-state index contributed by atoms with van der Waals surface area (Å²) in [5.74, 6) is 0.988. The van der Waals surface area contributed by atoms with E-state index in [1.807, 2.05) is 25.6 Å². The molecule has 1 aliphatic rings. The molecule has 3 rings (SSSR count). The zero-order valence-electron chi connectivity index (χ0n) is 13.5. The molecule has 0 aromatic carbocycles. The van der Waals surface area contributed by atoms with Crippen molar-refractivity contribution in [2.24, 2.45) is 12.5 Å². The molecule has 1 atom stereocenters. The number of nitrogens with zero attached hydrogens (tertiary/aromatic N) is 4. The Morgan fingerprint density at radius 1 is 1.33 bits per heavy atom. The van der Waals surface area contributed by atoms with Gasteiger partial charge in [-0.2, -0.15) is 5.10 Å². The summed E-state index contributed by atoms with van der Waals surface area (Å²) >= 11 is 6.40. The van der Waals surface area contributed by atoms with Gasteiger partial charge in [-0.3, -0.25) is 4.68 Å². The van der Waals surface area contributed by atoms with Crippen molar-refractivity contribution in [1.82, 2.24) is 19.3 Å². The minimum atomic E-state index is -0.0768. The molecule has 5 heteroatoms. The second kappa shape index (κ2) is 5.31. The highest BCUT2D eigenvalue weighted by Crippen LogP contribution is 2.43. The molecule has 0 spiro atoms. The number of aryl methyl sites for hydroxylation is 2. The predicted molar refractivity (Wildman–Crippen MR) is 86.7 cm³/mol. The Labute approximate surface area is 131 Å². The quantitative estimate of drug-likeness (QED) is 0.787. The van der Waals surface area contributed by atoms with Crippen LogP contribution in [0.25, 0.3) is 11.2 Å². The molecule has 0 radical (unpaired) electrons. The number of rotatable bonds is 4. The van der Waals surface area contributed by atoms with Crippen LogP contribution in [0.1, 0.15) is 62.8 Å². The fraction of sp³-hybridized carbons (Fsp3) is 0.750. The zero-order valence-corrected chi connectivity index (χ0v) is 14.2. The Bertz CT molecular complexity index is 647. The number of alkyl halides is 1. The summed E-state index contributed by atoms with van der Waals surface area (Å²) in [5, 5.41) is 4.45. The minimum absolute atomic E-state index is 0.0768. The largest absolute Gasteiger partial charge is 0.311 e. The van der Waals surface area contributed by atoms with Gasteiger partial charge in [0.25, 0.3) is 0 Å². The molecule has 2 heterocycles. The number of hydrogen-bond acceptors (Lipinski definition) is 2. The van der Waals surface area contributed by atoms with E-state index in [1.165, 1.54) is 32.1 Å². The molecule has 1 unspecified atom stereocenters. The molecule has 2 aromatic rings. The first-order valence-corrected chi connectivity index (χ1v) is 8.45. The fourth-order valence-electron chi connectivity index (χ4n) is 3.90. The highest BCUT2D eigenvalue weighted by atomic mass is 35.5. The molecular weight excluding hydrogens is 284 g/mol. The van der Waals surface area contributed by atoms with E-state index >= 15 is 0 Å². The molecule has 116 valence electrons. The van der Waals surface area contributed by atoms with E-state index < -0.39 is 0 Å². The second-order valence-electron chi connectivity index (χ2n) is 6.61. The molecule has 21 heavy (non-hydrogen) atoms. The van der Waals surface area contributed by atoms with E-state index in [0.29, 0.717) is 5.41 Å². The fourth-order valence-corrected chi connectivity index (χ4v) is 4.06. The number of aromatic nitrogens is 4. The molecular formula is C16H25ClN4. The number of halogens is 1. The van der Waals surface area contributed by atoms with Gasteiger partial charge >= 0.3 is 0 Å². The second-order valence-corrected chi connectivity index (χ2v) is 7.27. The first kappa shape index (κ1) is 14.9. The molecule has 1 saturated carbocycles. The Kier molecular flexibility index (Phi) is 3.76. The van der Waals surface area contributed by atoms with Gasteiger partial charge in [0.05, 0.1) is 11.1 Å². The summed E-state index contributed by atoms with van der Waals surface area (Å²) in [7, 11) is 2.00. The maximum absolute atomic E-state index is 6.40. The topological polar surface area (TPSA) is 35.6 Å². The monoisotopic (exact) mass is 308 g/mol. The van der Waals surface area contributed by atoms with Crippen LogP contribution >= 0.6 is 11.6 Å². The van der Waals surface area contributed by atoms with Crippen LogP contribution in [0.15, 0.2) is 0 Å². The van der Waals surface area contributed by atoms with E-state index in [-0.39, 0.29) is 5.38 Å². The van der Waals surface area contributed by atoms with Crippen LogP contribution in [0, 0.1) is 12.3 Å². The molecule has 0 aliphatic heterocycles. The summed E-state index contributed by atoms with van der Waals surface area (Å²) in [6, 6.07) is 0. The van der Waals surface area contributed by atoms with Crippen molar-refractivity contribution in [1.29, 1.82) is 0 Å². The normalized spacial score (nSPS) is 19.5. The predicted octanol–water partition coefficient (Wildman–Crippen LogP) is 4.35. The molecule has 1 aliphatic carbocycles. The third-order valence-electron chi connectivity index (χ3n) is 5.18. The number of fused-ring (bicyclic) bond motifs is 1. The molecule has 1 fully saturated rings. The van der Waals surface area contributed by atoms with Gasteiger partial charge in [0.15, 0.2) is 5.65 Å². The van der Waals surface area contributed by atoms with Crippen molar-refractivity contribution in [3.63, 3.8) is 0 Å². The standard InChI is InChI=1S/C16H25ClN4/c1-5-16(8-6-7-9-16)10-21-14(11(2)17)18-13-12(3)19-20(4)15(13)21/h11H,5-10H2,1-4H3. The molecule has 4 nitrogen and oxygen atoms in total. The van der Waals surface area contributed by atoms with E-state index in [4.69, 9.17) is 16.6 Å². The maximum Gasteiger partial charge on any atom is 0.158 e. The molecule has 0 amide bonds. The SMILES string of the molecule is CCC1(Cn2c(C(C)Cl)nc3c(C)nn(C)c32)CCCC1. The lowest BCUT2D eigenvalue weighted by molar-refractivity contribution is 0.236. The van der Waals surface area contributed by atoms with Crippen molar-refractivity contribution in [3.05, 3.63) is 11.5 Å².